The average Bonchev–Trinajstić information content (AvgIpc) is 3.29. The number of carbonyl (C=O) groups is 1. The standard InChI is InChI=1S/C32H28Cl2F3NO2/c33-24-14-15-25(28(34)18-24)27-19-38(31-22(17-30(39)40)7-4-8-26(27)31)29(16-9-20-5-2-1-3-6-20)21-10-12-23(13-11-21)32(35,36)37/h1-3,5-6,10-15,18-19,22,29H,4,7-9,16-17H2,(H,39,40). The van der Waals surface area contributed by atoms with Crippen LogP contribution < -0.4 is 0 Å². The third-order valence-corrected chi connectivity index (χ3v) is 8.24. The summed E-state index contributed by atoms with van der Waals surface area (Å²) in [5, 5.41) is 10.7. The summed E-state index contributed by atoms with van der Waals surface area (Å²) in [6.45, 7) is 0. The van der Waals surface area contributed by atoms with Crippen molar-refractivity contribution >= 4 is 29.2 Å². The molecule has 0 fully saturated rings. The van der Waals surface area contributed by atoms with E-state index in [9.17, 15) is 23.1 Å². The highest BCUT2D eigenvalue weighted by Crippen LogP contribution is 2.45. The van der Waals surface area contributed by atoms with Gasteiger partial charge in [0.25, 0.3) is 0 Å². The molecule has 208 valence electrons. The quantitative estimate of drug-likeness (QED) is 0.223. The predicted octanol–water partition coefficient (Wildman–Crippen LogP) is 9.60. The van der Waals surface area contributed by atoms with Gasteiger partial charge in [-0.15, -0.1) is 0 Å². The van der Waals surface area contributed by atoms with Crippen molar-refractivity contribution in [2.45, 2.75) is 56.7 Å². The molecular weight excluding hydrogens is 558 g/mol. The Kier molecular flexibility index (Phi) is 8.29. The zero-order valence-electron chi connectivity index (χ0n) is 21.6. The molecule has 40 heavy (non-hydrogen) atoms. The van der Waals surface area contributed by atoms with Crippen molar-refractivity contribution in [3.8, 4) is 11.1 Å². The van der Waals surface area contributed by atoms with E-state index in [1.165, 1.54) is 12.1 Å². The molecule has 0 radical (unpaired) electrons. The molecule has 1 aliphatic rings. The Bertz CT molecular complexity index is 1500. The largest absolute Gasteiger partial charge is 0.481 e. The molecule has 0 saturated heterocycles. The van der Waals surface area contributed by atoms with Crippen LogP contribution in [0.25, 0.3) is 11.1 Å². The maximum atomic E-state index is 13.4. The third-order valence-electron chi connectivity index (χ3n) is 7.70. The van der Waals surface area contributed by atoms with Crippen molar-refractivity contribution in [3.05, 3.63) is 117 Å². The second-order valence-electron chi connectivity index (χ2n) is 10.3. The predicted molar refractivity (Wildman–Crippen MR) is 152 cm³/mol. The van der Waals surface area contributed by atoms with E-state index in [0.29, 0.717) is 22.9 Å². The number of nitrogens with zero attached hydrogens (tertiary/aromatic N) is 1. The van der Waals surface area contributed by atoms with E-state index in [1.807, 2.05) is 42.6 Å². The Morgan fingerprint density at radius 3 is 2.38 bits per heavy atom. The monoisotopic (exact) mass is 585 g/mol. The van der Waals surface area contributed by atoms with Gasteiger partial charge in [-0.3, -0.25) is 4.79 Å². The molecule has 3 aromatic carbocycles. The molecule has 0 amide bonds. The maximum Gasteiger partial charge on any atom is 0.416 e. The maximum absolute atomic E-state index is 13.4. The van der Waals surface area contributed by atoms with Gasteiger partial charge in [0.15, 0.2) is 0 Å². The van der Waals surface area contributed by atoms with E-state index in [4.69, 9.17) is 23.2 Å². The summed E-state index contributed by atoms with van der Waals surface area (Å²) in [5.74, 6) is -1.11. The fourth-order valence-corrected chi connectivity index (χ4v) is 6.39. The van der Waals surface area contributed by atoms with Crippen molar-refractivity contribution in [2.24, 2.45) is 0 Å². The van der Waals surface area contributed by atoms with Gasteiger partial charge in [0.1, 0.15) is 0 Å². The number of rotatable bonds is 8. The molecular formula is C32H28Cl2F3NO2. The number of alkyl halides is 3. The molecule has 4 aromatic rings. The fraction of sp³-hybridized carbons (Fsp3) is 0.281. The minimum absolute atomic E-state index is 0.0246. The number of hydrogen-bond acceptors (Lipinski definition) is 1. The van der Waals surface area contributed by atoms with Crippen LogP contribution in [0.15, 0.2) is 79.0 Å². The second kappa shape index (κ2) is 11.7. The van der Waals surface area contributed by atoms with Gasteiger partial charge >= 0.3 is 12.1 Å². The fourth-order valence-electron chi connectivity index (χ4n) is 5.88. The first kappa shape index (κ1) is 28.3. The van der Waals surface area contributed by atoms with Crippen LogP contribution >= 0.6 is 23.2 Å². The zero-order valence-corrected chi connectivity index (χ0v) is 23.1. The molecule has 1 aliphatic carbocycles. The SMILES string of the molecule is O=C(O)CC1CCCc2c(-c3ccc(Cl)cc3Cl)cn(C(CCc3ccccc3)c3ccc(C(F)(F)F)cc3)c21. The minimum atomic E-state index is -4.43. The Morgan fingerprint density at radius 2 is 1.73 bits per heavy atom. The highest BCUT2D eigenvalue weighted by Gasteiger charge is 2.33. The van der Waals surface area contributed by atoms with Crippen LogP contribution in [0.5, 0.6) is 0 Å². The number of halogens is 5. The molecule has 2 atom stereocenters. The summed E-state index contributed by atoms with van der Waals surface area (Å²) in [7, 11) is 0. The molecule has 1 N–H and O–H groups in total. The van der Waals surface area contributed by atoms with Gasteiger partial charge in [-0.25, -0.2) is 0 Å². The van der Waals surface area contributed by atoms with Crippen LogP contribution in [-0.4, -0.2) is 15.6 Å². The average molecular weight is 586 g/mol. The van der Waals surface area contributed by atoms with E-state index in [2.05, 4.69) is 4.57 Å². The van der Waals surface area contributed by atoms with Crippen molar-refractivity contribution in [1.29, 1.82) is 0 Å². The normalized spacial score (nSPS) is 16.0. The zero-order chi connectivity index (χ0) is 28.4. The number of aliphatic carboxylic acids is 1. The number of carboxylic acid groups (broad SMARTS) is 1. The lowest BCUT2D eigenvalue weighted by molar-refractivity contribution is -0.138. The summed E-state index contributed by atoms with van der Waals surface area (Å²) < 4.78 is 42.3. The van der Waals surface area contributed by atoms with Gasteiger partial charge in [0, 0.05) is 39.0 Å². The molecule has 1 aromatic heterocycles. The lowest BCUT2D eigenvalue weighted by Gasteiger charge is -2.29. The minimum Gasteiger partial charge on any atom is -0.481 e. The molecule has 2 unspecified atom stereocenters. The van der Waals surface area contributed by atoms with Crippen molar-refractivity contribution in [1.82, 2.24) is 4.57 Å². The molecule has 0 saturated carbocycles. The van der Waals surface area contributed by atoms with Gasteiger partial charge < -0.3 is 9.67 Å². The highest BCUT2D eigenvalue weighted by molar-refractivity contribution is 6.36. The van der Waals surface area contributed by atoms with Crippen LogP contribution in [0.4, 0.5) is 13.2 Å². The summed E-state index contributed by atoms with van der Waals surface area (Å²) in [6, 6.07) is 20.2. The van der Waals surface area contributed by atoms with Gasteiger partial charge in [-0.2, -0.15) is 13.2 Å². The summed E-state index contributed by atoms with van der Waals surface area (Å²) in [6.07, 6.45) is 1.17. The number of hydrogen-bond donors (Lipinski definition) is 1. The molecule has 0 aliphatic heterocycles. The van der Waals surface area contributed by atoms with Crippen LogP contribution in [0.1, 0.15) is 65.6 Å². The molecule has 0 bridgehead atoms. The van der Waals surface area contributed by atoms with Gasteiger partial charge in [0.05, 0.1) is 18.0 Å². The number of aromatic nitrogens is 1. The van der Waals surface area contributed by atoms with Gasteiger partial charge in [-0.1, -0.05) is 71.7 Å². The molecule has 8 heteroatoms. The summed E-state index contributed by atoms with van der Waals surface area (Å²) in [4.78, 5) is 11.9. The van der Waals surface area contributed by atoms with Crippen LogP contribution in [-0.2, 0) is 23.8 Å². The van der Waals surface area contributed by atoms with Gasteiger partial charge in [0.2, 0.25) is 0 Å². The highest BCUT2D eigenvalue weighted by atomic mass is 35.5. The van der Waals surface area contributed by atoms with Crippen LogP contribution in [0.3, 0.4) is 0 Å². The lowest BCUT2D eigenvalue weighted by atomic mass is 9.83. The molecule has 5 rings (SSSR count). The first-order valence-electron chi connectivity index (χ1n) is 13.2. The Morgan fingerprint density at radius 1 is 1.00 bits per heavy atom. The van der Waals surface area contributed by atoms with E-state index < -0.39 is 17.7 Å². The van der Waals surface area contributed by atoms with E-state index in [1.54, 1.807) is 12.1 Å². The topological polar surface area (TPSA) is 42.2 Å². The smallest absolute Gasteiger partial charge is 0.416 e. The van der Waals surface area contributed by atoms with Crippen LogP contribution in [0, 0.1) is 0 Å². The number of carboxylic acids is 1. The lowest BCUT2D eigenvalue weighted by Crippen LogP contribution is -2.21. The first-order valence-corrected chi connectivity index (χ1v) is 14.0. The molecule has 0 spiro atoms. The number of aryl methyl sites for hydroxylation is 1. The van der Waals surface area contributed by atoms with Gasteiger partial charge in [-0.05, 0) is 73.1 Å². The van der Waals surface area contributed by atoms with E-state index >= 15 is 0 Å². The van der Waals surface area contributed by atoms with Crippen molar-refractivity contribution < 1.29 is 23.1 Å². The molecule has 1 heterocycles. The van der Waals surface area contributed by atoms with Crippen LogP contribution in [0.2, 0.25) is 10.0 Å². The van der Waals surface area contributed by atoms with E-state index in [0.717, 1.165) is 64.9 Å². The third kappa shape index (κ3) is 6.08. The summed E-state index contributed by atoms with van der Waals surface area (Å²) in [5.41, 5.74) is 4.81. The summed E-state index contributed by atoms with van der Waals surface area (Å²) >= 11 is 12.8. The Balaban J connectivity index is 1.67. The van der Waals surface area contributed by atoms with Crippen molar-refractivity contribution in [3.63, 3.8) is 0 Å². The number of benzene rings is 3. The number of fused-ring (bicyclic) bond motifs is 1. The second-order valence-corrected chi connectivity index (χ2v) is 11.1. The first-order chi connectivity index (χ1) is 19.1. The Labute approximate surface area is 241 Å². The Hall–Kier alpha value is -3.22. The van der Waals surface area contributed by atoms with Crippen molar-refractivity contribution in [2.75, 3.05) is 0 Å². The van der Waals surface area contributed by atoms with E-state index in [-0.39, 0.29) is 18.4 Å². The molecule has 3 nitrogen and oxygen atoms in total.